The largest absolute Gasteiger partial charge is 0.384 e. The Balaban J connectivity index is 1.48. The van der Waals surface area contributed by atoms with Crippen molar-refractivity contribution >= 4 is 0 Å². The van der Waals surface area contributed by atoms with Gasteiger partial charge in [0.15, 0.2) is 0 Å². The summed E-state index contributed by atoms with van der Waals surface area (Å²) in [5.74, 6) is -2.74. The van der Waals surface area contributed by atoms with E-state index in [0.29, 0.717) is 5.92 Å². The van der Waals surface area contributed by atoms with Crippen molar-refractivity contribution < 1.29 is 13.9 Å². The Labute approximate surface area is 190 Å². The highest BCUT2D eigenvalue weighted by atomic mass is 19.3. The van der Waals surface area contributed by atoms with Gasteiger partial charge in [0.25, 0.3) is 5.92 Å². The van der Waals surface area contributed by atoms with E-state index in [0.717, 1.165) is 43.0 Å². The van der Waals surface area contributed by atoms with Crippen molar-refractivity contribution in [2.45, 2.75) is 70.3 Å². The standard InChI is InChI=1S/C28H33F2NO/c1-17-11-23(12-18(2)26(17)24-14-28(32,15-24)27(5,29)30)25-8-6-7-22(20(25)4)13-21-10-9-19(3)31-16-21/h6-10,16,23-24,26,32H,1-2,11-15H2,3-5H3. The lowest BCUT2D eigenvalue weighted by Crippen LogP contribution is -2.57. The normalized spacial score (nSPS) is 28.5. The lowest BCUT2D eigenvalue weighted by molar-refractivity contribution is -0.229. The van der Waals surface area contributed by atoms with Gasteiger partial charge in [-0.15, -0.1) is 0 Å². The highest BCUT2D eigenvalue weighted by molar-refractivity contribution is 5.42. The smallest absolute Gasteiger partial charge is 0.273 e. The van der Waals surface area contributed by atoms with Crippen molar-refractivity contribution in [1.82, 2.24) is 4.98 Å². The monoisotopic (exact) mass is 437 g/mol. The number of nitrogens with zero attached hydrogens (tertiary/aromatic N) is 1. The quantitative estimate of drug-likeness (QED) is 0.529. The van der Waals surface area contributed by atoms with Crippen LogP contribution >= 0.6 is 0 Å². The molecule has 0 unspecified atom stereocenters. The number of aromatic nitrogens is 1. The summed E-state index contributed by atoms with van der Waals surface area (Å²) < 4.78 is 27.5. The van der Waals surface area contributed by atoms with E-state index in [9.17, 15) is 13.9 Å². The maximum absolute atomic E-state index is 13.7. The average Bonchev–Trinajstić information content (AvgIpc) is 2.68. The SMILES string of the molecule is C=C1CC(c2cccc(Cc3ccc(C)nc3)c2C)CC(=C)C1C1CC(O)(C(C)(F)F)C1. The molecule has 0 aliphatic heterocycles. The van der Waals surface area contributed by atoms with Crippen LogP contribution in [-0.4, -0.2) is 21.6 Å². The van der Waals surface area contributed by atoms with Gasteiger partial charge in [-0.2, -0.15) is 0 Å². The van der Waals surface area contributed by atoms with Crippen LogP contribution in [0.2, 0.25) is 0 Å². The van der Waals surface area contributed by atoms with Crippen LogP contribution in [-0.2, 0) is 6.42 Å². The van der Waals surface area contributed by atoms with E-state index in [1.165, 1.54) is 22.3 Å². The molecule has 0 spiro atoms. The molecule has 4 rings (SSSR count). The Morgan fingerprint density at radius 2 is 1.75 bits per heavy atom. The highest BCUT2D eigenvalue weighted by Crippen LogP contribution is 2.56. The van der Waals surface area contributed by atoms with Crippen LogP contribution in [0.4, 0.5) is 8.78 Å². The fourth-order valence-corrected chi connectivity index (χ4v) is 5.70. The van der Waals surface area contributed by atoms with Crippen LogP contribution in [0.3, 0.4) is 0 Å². The summed E-state index contributed by atoms with van der Waals surface area (Å²) in [4.78, 5) is 4.41. The molecule has 0 radical (unpaired) electrons. The minimum atomic E-state index is -3.08. The number of hydrogen-bond donors (Lipinski definition) is 1. The Kier molecular flexibility index (Phi) is 5.87. The summed E-state index contributed by atoms with van der Waals surface area (Å²) >= 11 is 0. The fraction of sp³-hybridized carbons (Fsp3) is 0.464. The molecule has 0 bridgehead atoms. The Morgan fingerprint density at radius 3 is 2.31 bits per heavy atom. The van der Waals surface area contributed by atoms with Gasteiger partial charge in [-0.3, -0.25) is 4.98 Å². The third kappa shape index (κ3) is 4.17. The van der Waals surface area contributed by atoms with E-state index in [-0.39, 0.29) is 24.7 Å². The van der Waals surface area contributed by atoms with Crippen LogP contribution in [0.15, 0.2) is 60.8 Å². The van der Waals surface area contributed by atoms with Gasteiger partial charge in [0.1, 0.15) is 5.60 Å². The van der Waals surface area contributed by atoms with E-state index in [1.54, 1.807) is 0 Å². The molecule has 1 aromatic heterocycles. The molecule has 2 aromatic rings. The highest BCUT2D eigenvalue weighted by Gasteiger charge is 2.59. The molecule has 4 heteroatoms. The third-order valence-corrected chi connectivity index (χ3v) is 7.68. The maximum atomic E-state index is 13.7. The van der Waals surface area contributed by atoms with Crippen LogP contribution in [0.25, 0.3) is 0 Å². The summed E-state index contributed by atoms with van der Waals surface area (Å²) in [7, 11) is 0. The molecule has 2 aliphatic rings. The third-order valence-electron chi connectivity index (χ3n) is 7.68. The van der Waals surface area contributed by atoms with E-state index in [1.807, 2.05) is 19.2 Å². The molecular formula is C28H33F2NO. The summed E-state index contributed by atoms with van der Waals surface area (Å²) in [6, 6.07) is 10.7. The van der Waals surface area contributed by atoms with E-state index in [2.05, 4.69) is 49.3 Å². The first kappa shape index (κ1) is 22.8. The Bertz CT molecular complexity index is 1010. The Morgan fingerprint density at radius 1 is 1.09 bits per heavy atom. The van der Waals surface area contributed by atoms with E-state index < -0.39 is 11.5 Å². The first-order valence-corrected chi connectivity index (χ1v) is 11.4. The van der Waals surface area contributed by atoms with Gasteiger partial charge in [-0.1, -0.05) is 48.6 Å². The van der Waals surface area contributed by atoms with Crippen molar-refractivity contribution in [1.29, 1.82) is 0 Å². The molecule has 0 amide bonds. The van der Waals surface area contributed by atoms with Gasteiger partial charge in [0, 0.05) is 24.7 Å². The molecule has 32 heavy (non-hydrogen) atoms. The lowest BCUT2D eigenvalue weighted by atomic mass is 9.57. The first-order chi connectivity index (χ1) is 15.0. The van der Waals surface area contributed by atoms with Crippen LogP contribution in [0.5, 0.6) is 0 Å². The predicted octanol–water partition coefficient (Wildman–Crippen LogP) is 6.69. The average molecular weight is 438 g/mol. The van der Waals surface area contributed by atoms with Crippen molar-refractivity contribution in [2.24, 2.45) is 11.8 Å². The van der Waals surface area contributed by atoms with Crippen molar-refractivity contribution in [2.75, 3.05) is 0 Å². The predicted molar refractivity (Wildman–Crippen MR) is 125 cm³/mol. The number of benzene rings is 1. The summed E-state index contributed by atoms with van der Waals surface area (Å²) in [5.41, 5.74) is 6.34. The van der Waals surface area contributed by atoms with Gasteiger partial charge in [0.05, 0.1) is 0 Å². The number of alkyl halides is 2. The molecule has 1 heterocycles. The number of allylic oxidation sites excluding steroid dienone is 2. The molecule has 0 atom stereocenters. The van der Waals surface area contributed by atoms with Crippen molar-refractivity contribution in [3.63, 3.8) is 0 Å². The number of hydrogen-bond acceptors (Lipinski definition) is 2. The molecule has 0 saturated heterocycles. The summed E-state index contributed by atoms with van der Waals surface area (Å²) in [5, 5.41) is 10.2. The van der Waals surface area contributed by atoms with Crippen LogP contribution in [0, 0.1) is 25.7 Å². The second kappa shape index (κ2) is 8.22. The van der Waals surface area contributed by atoms with E-state index in [4.69, 9.17) is 0 Å². The minimum absolute atomic E-state index is 0.00763. The van der Waals surface area contributed by atoms with E-state index >= 15 is 0 Å². The zero-order valence-electron chi connectivity index (χ0n) is 19.3. The summed E-state index contributed by atoms with van der Waals surface area (Å²) in [6.45, 7) is 13.6. The lowest BCUT2D eigenvalue weighted by Gasteiger charge is -2.52. The Hall–Kier alpha value is -2.33. The zero-order valence-corrected chi connectivity index (χ0v) is 19.3. The fourth-order valence-electron chi connectivity index (χ4n) is 5.70. The number of aliphatic hydroxyl groups is 1. The first-order valence-electron chi connectivity index (χ1n) is 11.4. The molecule has 2 fully saturated rings. The topological polar surface area (TPSA) is 33.1 Å². The van der Waals surface area contributed by atoms with Crippen molar-refractivity contribution in [3.8, 4) is 0 Å². The van der Waals surface area contributed by atoms with Gasteiger partial charge < -0.3 is 5.11 Å². The number of pyridine rings is 1. The van der Waals surface area contributed by atoms with Gasteiger partial charge >= 0.3 is 0 Å². The van der Waals surface area contributed by atoms with Crippen molar-refractivity contribution in [3.05, 3.63) is 88.8 Å². The van der Waals surface area contributed by atoms with Crippen LogP contribution < -0.4 is 0 Å². The van der Waals surface area contributed by atoms with Crippen LogP contribution in [0.1, 0.15) is 66.5 Å². The van der Waals surface area contributed by atoms with Gasteiger partial charge in [-0.25, -0.2) is 8.78 Å². The summed E-state index contributed by atoms with van der Waals surface area (Å²) in [6.07, 6.45) is 4.67. The second-order valence-corrected chi connectivity index (χ2v) is 10.1. The molecule has 2 nitrogen and oxygen atoms in total. The molecule has 2 saturated carbocycles. The second-order valence-electron chi connectivity index (χ2n) is 10.1. The van der Waals surface area contributed by atoms with Gasteiger partial charge in [-0.05, 0) is 86.1 Å². The number of rotatable bonds is 5. The molecular weight excluding hydrogens is 404 g/mol. The number of halogens is 2. The molecule has 2 aliphatic carbocycles. The maximum Gasteiger partial charge on any atom is 0.273 e. The molecule has 1 aromatic carbocycles. The zero-order chi connectivity index (χ0) is 23.3. The van der Waals surface area contributed by atoms with Gasteiger partial charge in [0.2, 0.25) is 0 Å². The minimum Gasteiger partial charge on any atom is -0.384 e. The molecule has 1 N–H and O–H groups in total. The molecule has 170 valence electrons. The number of aryl methyl sites for hydroxylation is 1.